The SMILES string of the molecule is Cc1cnccc1CNC(C)c1ccc(Br)cc1F. The Kier molecular flexibility index (Phi) is 4.66. The maximum Gasteiger partial charge on any atom is 0.129 e. The van der Waals surface area contributed by atoms with Crippen molar-refractivity contribution in [1.82, 2.24) is 10.3 Å². The molecule has 2 aromatic rings. The lowest BCUT2D eigenvalue weighted by molar-refractivity contribution is 0.527. The van der Waals surface area contributed by atoms with Crippen LogP contribution in [0.4, 0.5) is 4.39 Å². The van der Waals surface area contributed by atoms with Crippen molar-refractivity contribution in [2.45, 2.75) is 26.4 Å². The van der Waals surface area contributed by atoms with E-state index in [1.54, 1.807) is 12.3 Å². The highest BCUT2D eigenvalue weighted by atomic mass is 79.9. The maximum atomic E-state index is 13.8. The average molecular weight is 323 g/mol. The highest BCUT2D eigenvalue weighted by molar-refractivity contribution is 9.10. The third kappa shape index (κ3) is 3.61. The summed E-state index contributed by atoms with van der Waals surface area (Å²) in [5, 5.41) is 3.33. The smallest absolute Gasteiger partial charge is 0.129 e. The summed E-state index contributed by atoms with van der Waals surface area (Å²) in [4.78, 5) is 4.06. The fraction of sp³-hybridized carbons (Fsp3) is 0.267. The summed E-state index contributed by atoms with van der Waals surface area (Å²) in [7, 11) is 0. The zero-order chi connectivity index (χ0) is 13.8. The van der Waals surface area contributed by atoms with Crippen LogP contribution in [0.5, 0.6) is 0 Å². The van der Waals surface area contributed by atoms with Crippen molar-refractivity contribution < 1.29 is 4.39 Å². The van der Waals surface area contributed by atoms with E-state index in [4.69, 9.17) is 0 Å². The summed E-state index contributed by atoms with van der Waals surface area (Å²) >= 11 is 3.26. The molecule has 0 radical (unpaired) electrons. The number of aryl methyl sites for hydroxylation is 1. The molecule has 0 fully saturated rings. The number of hydrogen-bond acceptors (Lipinski definition) is 2. The lowest BCUT2D eigenvalue weighted by Gasteiger charge is -2.16. The van der Waals surface area contributed by atoms with Crippen molar-refractivity contribution in [3.05, 3.63) is 63.6 Å². The van der Waals surface area contributed by atoms with Gasteiger partial charge < -0.3 is 5.32 Å². The molecule has 1 aromatic heterocycles. The van der Waals surface area contributed by atoms with E-state index in [9.17, 15) is 4.39 Å². The molecule has 0 saturated heterocycles. The lowest BCUT2D eigenvalue weighted by atomic mass is 10.1. The molecular weight excluding hydrogens is 307 g/mol. The van der Waals surface area contributed by atoms with E-state index in [-0.39, 0.29) is 11.9 Å². The number of nitrogens with zero attached hydrogens (tertiary/aromatic N) is 1. The van der Waals surface area contributed by atoms with Crippen LogP contribution in [0, 0.1) is 12.7 Å². The van der Waals surface area contributed by atoms with Crippen molar-refractivity contribution >= 4 is 15.9 Å². The highest BCUT2D eigenvalue weighted by Gasteiger charge is 2.11. The average Bonchev–Trinajstić information content (AvgIpc) is 2.37. The van der Waals surface area contributed by atoms with Crippen LogP contribution in [0.15, 0.2) is 41.1 Å². The topological polar surface area (TPSA) is 24.9 Å². The highest BCUT2D eigenvalue weighted by Crippen LogP contribution is 2.21. The van der Waals surface area contributed by atoms with Gasteiger partial charge in [-0.1, -0.05) is 22.0 Å². The Balaban J connectivity index is 2.05. The second-order valence-corrected chi connectivity index (χ2v) is 5.49. The number of aromatic nitrogens is 1. The monoisotopic (exact) mass is 322 g/mol. The number of pyridine rings is 1. The second-order valence-electron chi connectivity index (χ2n) is 4.57. The molecule has 0 saturated carbocycles. The van der Waals surface area contributed by atoms with Gasteiger partial charge in [-0.3, -0.25) is 4.98 Å². The Morgan fingerprint density at radius 3 is 2.84 bits per heavy atom. The fourth-order valence-electron chi connectivity index (χ4n) is 1.93. The Labute approximate surface area is 121 Å². The Morgan fingerprint density at radius 1 is 1.37 bits per heavy atom. The quantitative estimate of drug-likeness (QED) is 0.915. The molecule has 0 aliphatic heterocycles. The first-order valence-electron chi connectivity index (χ1n) is 6.15. The predicted octanol–water partition coefficient (Wildman–Crippen LogP) is 4.14. The molecule has 0 aliphatic carbocycles. The molecule has 4 heteroatoms. The van der Waals surface area contributed by atoms with Gasteiger partial charge in [-0.25, -0.2) is 4.39 Å². The van der Waals surface area contributed by atoms with Gasteiger partial charge in [0.1, 0.15) is 5.82 Å². The van der Waals surface area contributed by atoms with Crippen LogP contribution in [0.1, 0.15) is 29.7 Å². The molecule has 100 valence electrons. The molecule has 1 N–H and O–H groups in total. The largest absolute Gasteiger partial charge is 0.306 e. The third-order valence-electron chi connectivity index (χ3n) is 3.16. The standard InChI is InChI=1S/C15H16BrFN2/c1-10-8-18-6-5-12(10)9-19-11(2)14-4-3-13(16)7-15(14)17/h3-8,11,19H,9H2,1-2H3. The van der Waals surface area contributed by atoms with Crippen LogP contribution in [0.2, 0.25) is 0 Å². The Morgan fingerprint density at radius 2 is 2.16 bits per heavy atom. The molecular formula is C15H16BrFN2. The van der Waals surface area contributed by atoms with E-state index in [2.05, 4.69) is 26.2 Å². The van der Waals surface area contributed by atoms with Gasteiger partial charge in [0.15, 0.2) is 0 Å². The van der Waals surface area contributed by atoms with Gasteiger partial charge in [0.05, 0.1) is 0 Å². The molecule has 2 nitrogen and oxygen atoms in total. The first-order chi connectivity index (χ1) is 9.08. The van der Waals surface area contributed by atoms with Crippen LogP contribution in [0.3, 0.4) is 0 Å². The molecule has 1 unspecified atom stereocenters. The molecule has 2 rings (SSSR count). The summed E-state index contributed by atoms with van der Waals surface area (Å²) in [5.74, 6) is -0.194. The maximum absolute atomic E-state index is 13.8. The number of nitrogens with one attached hydrogen (secondary N) is 1. The van der Waals surface area contributed by atoms with Crippen molar-refractivity contribution in [3.8, 4) is 0 Å². The van der Waals surface area contributed by atoms with Gasteiger partial charge in [-0.2, -0.15) is 0 Å². The third-order valence-corrected chi connectivity index (χ3v) is 3.66. The van der Waals surface area contributed by atoms with E-state index >= 15 is 0 Å². The molecule has 1 heterocycles. The van der Waals surface area contributed by atoms with Crippen molar-refractivity contribution in [2.24, 2.45) is 0 Å². The van der Waals surface area contributed by atoms with Gasteiger partial charge in [0.2, 0.25) is 0 Å². The summed E-state index contributed by atoms with van der Waals surface area (Å²) in [6, 6.07) is 7.09. The molecule has 0 spiro atoms. The van der Waals surface area contributed by atoms with Gasteiger partial charge in [-0.05, 0) is 43.2 Å². The zero-order valence-electron chi connectivity index (χ0n) is 11.0. The van der Waals surface area contributed by atoms with Gasteiger partial charge >= 0.3 is 0 Å². The molecule has 0 amide bonds. The summed E-state index contributed by atoms with van der Waals surface area (Å²) in [5.41, 5.74) is 2.99. The molecule has 0 bridgehead atoms. The lowest BCUT2D eigenvalue weighted by Crippen LogP contribution is -2.19. The Hall–Kier alpha value is -1.26. The van der Waals surface area contributed by atoms with Crippen LogP contribution < -0.4 is 5.32 Å². The minimum absolute atomic E-state index is 0.0411. The second kappa shape index (κ2) is 6.26. The minimum Gasteiger partial charge on any atom is -0.306 e. The van der Waals surface area contributed by atoms with Crippen LogP contribution in [0.25, 0.3) is 0 Å². The van der Waals surface area contributed by atoms with Crippen molar-refractivity contribution in [3.63, 3.8) is 0 Å². The number of halogens is 2. The fourth-order valence-corrected chi connectivity index (χ4v) is 2.26. The molecule has 19 heavy (non-hydrogen) atoms. The van der Waals surface area contributed by atoms with Gasteiger partial charge in [0.25, 0.3) is 0 Å². The van der Waals surface area contributed by atoms with E-state index in [1.165, 1.54) is 11.6 Å². The van der Waals surface area contributed by atoms with Crippen molar-refractivity contribution in [2.75, 3.05) is 0 Å². The molecule has 1 atom stereocenters. The summed E-state index contributed by atoms with van der Waals surface area (Å²) in [6.07, 6.45) is 3.61. The number of benzene rings is 1. The predicted molar refractivity (Wildman–Crippen MR) is 78.3 cm³/mol. The molecule has 0 aliphatic rings. The van der Waals surface area contributed by atoms with E-state index in [0.717, 1.165) is 10.0 Å². The zero-order valence-corrected chi connectivity index (χ0v) is 12.5. The van der Waals surface area contributed by atoms with E-state index in [1.807, 2.05) is 32.2 Å². The van der Waals surface area contributed by atoms with Crippen LogP contribution in [-0.2, 0) is 6.54 Å². The molecule has 1 aromatic carbocycles. The van der Waals surface area contributed by atoms with Crippen molar-refractivity contribution in [1.29, 1.82) is 0 Å². The first kappa shape index (κ1) is 14.2. The number of rotatable bonds is 4. The summed E-state index contributed by atoms with van der Waals surface area (Å²) < 4.78 is 14.6. The van der Waals surface area contributed by atoms with Gasteiger partial charge in [0, 0.05) is 35.0 Å². The van der Waals surface area contributed by atoms with E-state index in [0.29, 0.717) is 12.1 Å². The van der Waals surface area contributed by atoms with Crippen LogP contribution in [-0.4, -0.2) is 4.98 Å². The van der Waals surface area contributed by atoms with Crippen LogP contribution >= 0.6 is 15.9 Å². The summed E-state index contributed by atoms with van der Waals surface area (Å²) in [6.45, 7) is 4.68. The van der Waals surface area contributed by atoms with E-state index < -0.39 is 0 Å². The number of hydrogen-bond donors (Lipinski definition) is 1. The minimum atomic E-state index is -0.194. The first-order valence-corrected chi connectivity index (χ1v) is 6.95. The van der Waals surface area contributed by atoms with Gasteiger partial charge in [-0.15, -0.1) is 0 Å². The Bertz CT molecular complexity index is 572. The normalized spacial score (nSPS) is 12.4.